The molecule has 4 atom stereocenters. The Labute approximate surface area is 318 Å². The molecule has 0 bridgehead atoms. The van der Waals surface area contributed by atoms with Crippen LogP contribution in [-0.4, -0.2) is 63.8 Å². The fourth-order valence-corrected chi connectivity index (χ4v) is 6.14. The first-order valence-corrected chi connectivity index (χ1v) is 19.6. The van der Waals surface area contributed by atoms with Crippen molar-refractivity contribution in [3.8, 4) is 11.5 Å². The lowest BCUT2D eigenvalue weighted by atomic mass is 9.99. The maximum atomic E-state index is 12.7. The molecule has 0 N–H and O–H groups in total. The van der Waals surface area contributed by atoms with Gasteiger partial charge in [-0.15, -0.1) is 0 Å². The van der Waals surface area contributed by atoms with Crippen molar-refractivity contribution in [3.05, 3.63) is 72.3 Å². The van der Waals surface area contributed by atoms with Crippen LogP contribution in [0.15, 0.2) is 66.8 Å². The summed E-state index contributed by atoms with van der Waals surface area (Å²) in [7, 11) is 0. The maximum Gasteiger partial charge on any atom is 0.333 e. The van der Waals surface area contributed by atoms with E-state index in [1.165, 1.54) is 0 Å². The maximum absolute atomic E-state index is 12.7. The van der Waals surface area contributed by atoms with Crippen LogP contribution in [0.3, 0.4) is 0 Å². The number of rotatable bonds is 26. The van der Waals surface area contributed by atoms with Crippen LogP contribution < -0.4 is 9.47 Å². The minimum Gasteiger partial charge on any atom is -0.488 e. The second kappa shape index (κ2) is 23.0. The third-order valence-electron chi connectivity index (χ3n) is 9.55. The van der Waals surface area contributed by atoms with E-state index in [4.69, 9.17) is 28.4 Å². The van der Waals surface area contributed by atoms with Crippen LogP contribution in [0.2, 0.25) is 0 Å². The number of esters is 2. The number of carbonyl (C=O) groups excluding carboxylic acids is 2. The van der Waals surface area contributed by atoms with Gasteiger partial charge in [0.05, 0.1) is 13.2 Å². The van der Waals surface area contributed by atoms with Crippen LogP contribution in [0, 0.1) is 18.8 Å². The SMILES string of the molecule is C=C(C)C(=O)OC(COCC(CC)CCCC)COc1c2ccccc2c(OCC(COCC(CC)CCCC)OC(=O)C(=C)C)c2cc(C)ccc12. The summed E-state index contributed by atoms with van der Waals surface area (Å²) in [6.07, 6.45) is 7.58. The Morgan fingerprint density at radius 1 is 0.604 bits per heavy atom. The molecule has 0 aliphatic heterocycles. The molecular weight excluding hydrogens is 668 g/mol. The topological polar surface area (TPSA) is 89.5 Å². The van der Waals surface area contributed by atoms with Gasteiger partial charge in [0.1, 0.15) is 24.7 Å². The number of unbranched alkanes of at least 4 members (excludes halogenated alkanes) is 2. The lowest BCUT2D eigenvalue weighted by molar-refractivity contribution is -0.150. The summed E-state index contributed by atoms with van der Waals surface area (Å²) in [5.74, 6) is 1.25. The lowest BCUT2D eigenvalue weighted by Crippen LogP contribution is -2.31. The van der Waals surface area contributed by atoms with Crippen LogP contribution in [0.4, 0.5) is 0 Å². The summed E-state index contributed by atoms with van der Waals surface area (Å²) in [4.78, 5) is 25.3. The van der Waals surface area contributed by atoms with Gasteiger partial charge in [0, 0.05) is 45.9 Å². The quantitative estimate of drug-likeness (QED) is 0.0458. The van der Waals surface area contributed by atoms with Gasteiger partial charge in [-0.25, -0.2) is 9.59 Å². The lowest BCUT2D eigenvalue weighted by Gasteiger charge is -2.24. The fraction of sp³-hybridized carbons (Fsp3) is 0.556. The minimum atomic E-state index is -0.643. The monoisotopic (exact) mass is 732 g/mol. The Bertz CT molecular complexity index is 1630. The molecule has 0 saturated carbocycles. The molecule has 0 aromatic heterocycles. The zero-order chi connectivity index (χ0) is 38.8. The molecule has 0 fully saturated rings. The van der Waals surface area contributed by atoms with E-state index in [1.54, 1.807) is 13.8 Å². The zero-order valence-electron chi connectivity index (χ0n) is 33.4. The van der Waals surface area contributed by atoms with Gasteiger partial charge in [0.25, 0.3) is 0 Å². The second-order valence-electron chi connectivity index (χ2n) is 14.4. The summed E-state index contributed by atoms with van der Waals surface area (Å²) in [5, 5.41) is 3.37. The molecule has 0 spiro atoms. The summed E-state index contributed by atoms with van der Waals surface area (Å²) in [6.45, 7) is 23.4. The molecule has 8 nitrogen and oxygen atoms in total. The van der Waals surface area contributed by atoms with E-state index in [0.29, 0.717) is 47.7 Å². The fourth-order valence-electron chi connectivity index (χ4n) is 6.14. The van der Waals surface area contributed by atoms with E-state index in [-0.39, 0.29) is 26.4 Å². The summed E-state index contributed by atoms with van der Waals surface area (Å²) in [6, 6.07) is 14.0. The first-order valence-electron chi connectivity index (χ1n) is 19.6. The summed E-state index contributed by atoms with van der Waals surface area (Å²) >= 11 is 0. The number of fused-ring (bicyclic) bond motifs is 2. The van der Waals surface area contributed by atoms with Crippen molar-refractivity contribution in [3.63, 3.8) is 0 Å². The van der Waals surface area contributed by atoms with E-state index < -0.39 is 24.1 Å². The molecule has 0 amide bonds. The Morgan fingerprint density at radius 2 is 1.04 bits per heavy atom. The van der Waals surface area contributed by atoms with E-state index in [1.807, 2.05) is 43.3 Å². The Hall–Kier alpha value is -3.88. The predicted octanol–water partition coefficient (Wildman–Crippen LogP) is 10.5. The van der Waals surface area contributed by atoms with Gasteiger partial charge >= 0.3 is 11.9 Å². The number of hydrogen-bond acceptors (Lipinski definition) is 8. The van der Waals surface area contributed by atoms with Crippen LogP contribution >= 0.6 is 0 Å². The Kier molecular flexibility index (Phi) is 18.9. The highest BCUT2D eigenvalue weighted by Gasteiger charge is 2.23. The number of aryl methyl sites for hydroxylation is 1. The van der Waals surface area contributed by atoms with Crippen molar-refractivity contribution in [2.45, 2.75) is 112 Å². The number of ether oxygens (including phenoxy) is 6. The van der Waals surface area contributed by atoms with Crippen LogP contribution in [0.1, 0.15) is 98.5 Å². The van der Waals surface area contributed by atoms with E-state index in [0.717, 1.165) is 78.5 Å². The van der Waals surface area contributed by atoms with Crippen molar-refractivity contribution in [2.24, 2.45) is 11.8 Å². The zero-order valence-corrected chi connectivity index (χ0v) is 33.4. The third kappa shape index (κ3) is 13.8. The number of hydrogen-bond donors (Lipinski definition) is 0. The molecule has 0 saturated heterocycles. The van der Waals surface area contributed by atoms with Crippen LogP contribution in [0.25, 0.3) is 21.5 Å². The normalized spacial score (nSPS) is 13.6. The summed E-state index contributed by atoms with van der Waals surface area (Å²) < 4.78 is 37.1. The van der Waals surface area contributed by atoms with Crippen LogP contribution in [-0.2, 0) is 28.5 Å². The standard InChI is InChI=1S/C45H64O8/c1-10-14-18-34(12-3)25-48-27-36(52-44(46)31(5)6)29-50-42-38-20-16-17-21-39(38)43(41-24-33(9)22-23-40(41)42)51-30-37(53-45(47)32(7)8)28-49-26-35(13-4)19-15-11-2/h16-17,20-24,34-37H,5,7,10-15,18-19,25-30H2,1-4,6,8-9H3. The van der Waals surface area contributed by atoms with E-state index in [9.17, 15) is 9.59 Å². The first kappa shape index (κ1) is 43.5. The number of benzene rings is 3. The smallest absolute Gasteiger partial charge is 0.333 e. The van der Waals surface area contributed by atoms with Gasteiger partial charge in [0.2, 0.25) is 0 Å². The molecule has 3 rings (SSSR count). The van der Waals surface area contributed by atoms with Gasteiger partial charge in [-0.1, -0.05) is 121 Å². The molecule has 3 aromatic rings. The molecule has 292 valence electrons. The minimum absolute atomic E-state index is 0.0885. The number of carbonyl (C=O) groups is 2. The summed E-state index contributed by atoms with van der Waals surface area (Å²) in [5.41, 5.74) is 1.68. The molecular formula is C45H64O8. The molecule has 0 heterocycles. The average molecular weight is 733 g/mol. The highest BCUT2D eigenvalue weighted by atomic mass is 16.6. The van der Waals surface area contributed by atoms with Crippen molar-refractivity contribution < 1.29 is 38.0 Å². The molecule has 0 aliphatic rings. The Balaban J connectivity index is 1.92. The highest BCUT2D eigenvalue weighted by Crippen LogP contribution is 2.43. The highest BCUT2D eigenvalue weighted by molar-refractivity contribution is 6.11. The third-order valence-corrected chi connectivity index (χ3v) is 9.55. The van der Waals surface area contributed by atoms with Crippen molar-refractivity contribution >= 4 is 33.5 Å². The van der Waals surface area contributed by atoms with E-state index >= 15 is 0 Å². The van der Waals surface area contributed by atoms with Gasteiger partial charge in [-0.2, -0.15) is 0 Å². The van der Waals surface area contributed by atoms with Crippen molar-refractivity contribution in [1.82, 2.24) is 0 Å². The molecule has 0 aliphatic carbocycles. The van der Waals surface area contributed by atoms with Gasteiger partial charge in [-0.3, -0.25) is 0 Å². The predicted molar refractivity (Wildman–Crippen MR) is 215 cm³/mol. The largest absolute Gasteiger partial charge is 0.488 e. The average Bonchev–Trinajstić information content (AvgIpc) is 3.14. The Morgan fingerprint density at radius 3 is 1.45 bits per heavy atom. The van der Waals surface area contributed by atoms with Crippen LogP contribution in [0.5, 0.6) is 11.5 Å². The molecule has 53 heavy (non-hydrogen) atoms. The first-order chi connectivity index (χ1) is 25.5. The van der Waals surface area contributed by atoms with Crippen molar-refractivity contribution in [2.75, 3.05) is 39.6 Å². The van der Waals surface area contributed by atoms with Gasteiger partial charge in [0.15, 0.2) is 12.2 Å². The van der Waals surface area contributed by atoms with Crippen molar-refractivity contribution in [1.29, 1.82) is 0 Å². The second-order valence-corrected chi connectivity index (χ2v) is 14.4. The molecule has 0 radical (unpaired) electrons. The molecule has 8 heteroatoms. The molecule has 4 unspecified atom stereocenters. The van der Waals surface area contributed by atoms with Gasteiger partial charge in [-0.05, 0) is 51.5 Å². The van der Waals surface area contributed by atoms with E-state index in [2.05, 4.69) is 46.9 Å². The molecule has 3 aromatic carbocycles. The van der Waals surface area contributed by atoms with Gasteiger partial charge < -0.3 is 28.4 Å².